The molecule has 0 saturated carbocycles. The van der Waals surface area contributed by atoms with Crippen molar-refractivity contribution in [3.05, 3.63) is 95.0 Å². The SMILES string of the molecule is CC(NC(=O)c1cn(Cc2ccccc2)nc1-c1cccs1)c1ccc(S(N)(=O)=O)cc1. The van der Waals surface area contributed by atoms with E-state index in [0.717, 1.165) is 16.0 Å². The second-order valence-electron chi connectivity index (χ2n) is 7.36. The average molecular weight is 467 g/mol. The lowest BCUT2D eigenvalue weighted by molar-refractivity contribution is 0.0940. The Balaban J connectivity index is 1.58. The maximum Gasteiger partial charge on any atom is 0.255 e. The van der Waals surface area contributed by atoms with Gasteiger partial charge in [-0.3, -0.25) is 9.48 Å². The zero-order valence-corrected chi connectivity index (χ0v) is 18.9. The van der Waals surface area contributed by atoms with E-state index in [1.165, 1.54) is 23.5 Å². The van der Waals surface area contributed by atoms with E-state index >= 15 is 0 Å². The van der Waals surface area contributed by atoms with Gasteiger partial charge in [-0.1, -0.05) is 48.5 Å². The number of amides is 1. The molecule has 0 fully saturated rings. The van der Waals surface area contributed by atoms with Gasteiger partial charge in [0.25, 0.3) is 5.91 Å². The highest BCUT2D eigenvalue weighted by Gasteiger charge is 2.21. The van der Waals surface area contributed by atoms with Crippen LogP contribution < -0.4 is 10.5 Å². The third kappa shape index (κ3) is 4.96. The summed E-state index contributed by atoms with van der Waals surface area (Å²) < 4.78 is 24.7. The number of carbonyl (C=O) groups excluding carboxylic acids is 1. The van der Waals surface area contributed by atoms with E-state index in [-0.39, 0.29) is 16.8 Å². The van der Waals surface area contributed by atoms with Crippen molar-refractivity contribution in [2.45, 2.75) is 24.4 Å². The van der Waals surface area contributed by atoms with Crippen LogP contribution in [0.2, 0.25) is 0 Å². The molecule has 0 aliphatic heterocycles. The number of nitrogens with one attached hydrogen (secondary N) is 1. The molecule has 1 unspecified atom stereocenters. The van der Waals surface area contributed by atoms with Crippen LogP contribution >= 0.6 is 11.3 Å². The molecule has 32 heavy (non-hydrogen) atoms. The lowest BCUT2D eigenvalue weighted by Crippen LogP contribution is -2.26. The fourth-order valence-electron chi connectivity index (χ4n) is 3.34. The first kappa shape index (κ1) is 21.9. The Kier molecular flexibility index (Phi) is 6.22. The van der Waals surface area contributed by atoms with Crippen molar-refractivity contribution < 1.29 is 13.2 Å². The second kappa shape index (κ2) is 9.07. The van der Waals surface area contributed by atoms with Gasteiger partial charge in [0, 0.05) is 6.20 Å². The third-order valence-electron chi connectivity index (χ3n) is 5.00. The smallest absolute Gasteiger partial charge is 0.255 e. The summed E-state index contributed by atoms with van der Waals surface area (Å²) in [6.07, 6.45) is 1.76. The fourth-order valence-corrected chi connectivity index (χ4v) is 4.58. The zero-order valence-electron chi connectivity index (χ0n) is 17.3. The van der Waals surface area contributed by atoms with Gasteiger partial charge in [-0.05, 0) is 41.6 Å². The highest BCUT2D eigenvalue weighted by Crippen LogP contribution is 2.27. The van der Waals surface area contributed by atoms with Gasteiger partial charge in [0.05, 0.1) is 27.9 Å². The fraction of sp³-hybridized carbons (Fsp3) is 0.130. The molecule has 9 heteroatoms. The van der Waals surface area contributed by atoms with Gasteiger partial charge in [0.15, 0.2) is 0 Å². The van der Waals surface area contributed by atoms with Crippen LogP contribution in [0.15, 0.2) is 83.2 Å². The number of benzene rings is 2. The summed E-state index contributed by atoms with van der Waals surface area (Å²) in [5.74, 6) is -0.254. The number of carbonyl (C=O) groups is 1. The summed E-state index contributed by atoms with van der Waals surface area (Å²) in [7, 11) is -3.76. The molecular weight excluding hydrogens is 444 g/mol. The van der Waals surface area contributed by atoms with Gasteiger partial charge >= 0.3 is 0 Å². The van der Waals surface area contributed by atoms with Crippen LogP contribution in [0.5, 0.6) is 0 Å². The first-order chi connectivity index (χ1) is 15.3. The van der Waals surface area contributed by atoms with Crippen LogP contribution in [0.1, 0.15) is 34.5 Å². The molecule has 164 valence electrons. The van der Waals surface area contributed by atoms with Crippen molar-refractivity contribution >= 4 is 27.3 Å². The predicted molar refractivity (Wildman–Crippen MR) is 125 cm³/mol. The lowest BCUT2D eigenvalue weighted by Gasteiger charge is -2.14. The maximum absolute atomic E-state index is 13.2. The third-order valence-corrected chi connectivity index (χ3v) is 6.81. The molecule has 1 atom stereocenters. The molecule has 4 aromatic rings. The number of hydrogen-bond acceptors (Lipinski definition) is 5. The van der Waals surface area contributed by atoms with Crippen LogP contribution in [0.25, 0.3) is 10.6 Å². The topological polar surface area (TPSA) is 107 Å². The first-order valence-electron chi connectivity index (χ1n) is 9.90. The van der Waals surface area contributed by atoms with Crippen LogP contribution in [-0.4, -0.2) is 24.1 Å². The Labute approximate surface area is 190 Å². The van der Waals surface area contributed by atoms with E-state index in [2.05, 4.69) is 10.4 Å². The van der Waals surface area contributed by atoms with E-state index in [9.17, 15) is 13.2 Å². The molecule has 1 amide bonds. The number of rotatable bonds is 7. The minimum Gasteiger partial charge on any atom is -0.345 e. The Morgan fingerprint density at radius 1 is 1.09 bits per heavy atom. The molecule has 4 rings (SSSR count). The molecule has 0 saturated heterocycles. The van der Waals surface area contributed by atoms with Crippen molar-refractivity contribution in [3.8, 4) is 10.6 Å². The van der Waals surface area contributed by atoms with E-state index in [4.69, 9.17) is 5.14 Å². The van der Waals surface area contributed by atoms with Gasteiger partial charge in [-0.2, -0.15) is 5.10 Å². The van der Waals surface area contributed by atoms with E-state index in [0.29, 0.717) is 17.8 Å². The van der Waals surface area contributed by atoms with E-state index in [1.807, 2.05) is 54.8 Å². The Morgan fingerprint density at radius 3 is 2.44 bits per heavy atom. The number of nitrogens with zero attached hydrogens (tertiary/aromatic N) is 2. The normalized spacial score (nSPS) is 12.4. The quantitative estimate of drug-likeness (QED) is 0.432. The van der Waals surface area contributed by atoms with Gasteiger partial charge in [0.1, 0.15) is 5.69 Å². The first-order valence-corrected chi connectivity index (χ1v) is 12.3. The van der Waals surface area contributed by atoms with Gasteiger partial charge in [0.2, 0.25) is 10.0 Å². The molecule has 0 spiro atoms. The lowest BCUT2D eigenvalue weighted by atomic mass is 10.1. The Bertz CT molecular complexity index is 1310. The van der Waals surface area contributed by atoms with E-state index < -0.39 is 10.0 Å². The van der Waals surface area contributed by atoms with Gasteiger partial charge in [-0.25, -0.2) is 13.6 Å². The molecule has 3 N–H and O–H groups in total. The van der Waals surface area contributed by atoms with Crippen molar-refractivity contribution in [1.82, 2.24) is 15.1 Å². The number of sulfonamides is 1. The molecule has 0 aliphatic rings. The Morgan fingerprint density at radius 2 is 1.81 bits per heavy atom. The number of primary sulfonamides is 1. The van der Waals surface area contributed by atoms with Crippen LogP contribution in [0, 0.1) is 0 Å². The second-order valence-corrected chi connectivity index (χ2v) is 9.87. The van der Waals surface area contributed by atoms with Crippen molar-refractivity contribution in [2.75, 3.05) is 0 Å². The Hall–Kier alpha value is -3.27. The summed E-state index contributed by atoms with van der Waals surface area (Å²) in [6.45, 7) is 2.39. The summed E-state index contributed by atoms with van der Waals surface area (Å²) in [5, 5.41) is 14.8. The summed E-state index contributed by atoms with van der Waals surface area (Å²) in [4.78, 5) is 14.1. The minimum absolute atomic E-state index is 0.0296. The molecule has 2 aromatic heterocycles. The standard InChI is InChI=1S/C23H22N4O3S2/c1-16(18-9-11-19(12-10-18)32(24,29)30)25-23(28)20-15-27(14-17-6-3-2-4-7-17)26-22(20)21-8-5-13-31-21/h2-13,15-16H,14H2,1H3,(H,25,28)(H2,24,29,30). The largest absolute Gasteiger partial charge is 0.345 e. The van der Waals surface area contributed by atoms with Gasteiger partial charge in [-0.15, -0.1) is 11.3 Å². The highest BCUT2D eigenvalue weighted by atomic mass is 32.2. The minimum atomic E-state index is -3.76. The molecule has 0 bridgehead atoms. The molecule has 0 aliphatic carbocycles. The summed E-state index contributed by atoms with van der Waals surface area (Å²) in [6, 6.07) is 19.6. The molecular formula is C23H22N4O3S2. The number of thiophene rings is 1. The average Bonchev–Trinajstić information content (AvgIpc) is 3.44. The van der Waals surface area contributed by atoms with Crippen molar-refractivity contribution in [2.24, 2.45) is 5.14 Å². The monoisotopic (exact) mass is 466 g/mol. The maximum atomic E-state index is 13.2. The summed E-state index contributed by atoms with van der Waals surface area (Å²) >= 11 is 1.52. The summed E-state index contributed by atoms with van der Waals surface area (Å²) in [5.41, 5.74) is 2.96. The van der Waals surface area contributed by atoms with Crippen LogP contribution in [-0.2, 0) is 16.6 Å². The van der Waals surface area contributed by atoms with Crippen molar-refractivity contribution in [3.63, 3.8) is 0 Å². The molecule has 7 nitrogen and oxygen atoms in total. The molecule has 2 heterocycles. The molecule has 0 radical (unpaired) electrons. The van der Waals surface area contributed by atoms with Crippen LogP contribution in [0.4, 0.5) is 0 Å². The predicted octanol–water partition coefficient (Wildman–Crippen LogP) is 3.80. The number of aromatic nitrogens is 2. The highest BCUT2D eigenvalue weighted by molar-refractivity contribution is 7.89. The van der Waals surface area contributed by atoms with E-state index in [1.54, 1.807) is 23.0 Å². The zero-order chi connectivity index (χ0) is 22.7. The molecule has 2 aromatic carbocycles. The van der Waals surface area contributed by atoms with Gasteiger partial charge < -0.3 is 5.32 Å². The van der Waals surface area contributed by atoms with Crippen molar-refractivity contribution in [1.29, 1.82) is 0 Å². The number of nitrogens with two attached hydrogens (primary N) is 1. The number of hydrogen-bond donors (Lipinski definition) is 2. The van der Waals surface area contributed by atoms with Crippen LogP contribution in [0.3, 0.4) is 0 Å².